The Kier molecular flexibility index (Phi) is 3.65. The van der Waals surface area contributed by atoms with E-state index in [1.807, 2.05) is 24.3 Å². The van der Waals surface area contributed by atoms with Gasteiger partial charge >= 0.3 is 5.97 Å². The van der Waals surface area contributed by atoms with Crippen LogP contribution in [-0.2, 0) is 20.9 Å². The molecule has 126 valence electrons. The van der Waals surface area contributed by atoms with Crippen LogP contribution in [-0.4, -0.2) is 60.8 Å². The van der Waals surface area contributed by atoms with Crippen molar-refractivity contribution in [2.24, 2.45) is 0 Å². The van der Waals surface area contributed by atoms with Crippen LogP contribution in [0.1, 0.15) is 5.56 Å². The molecule has 7 heteroatoms. The number of ether oxygens (including phenoxy) is 3. The Labute approximate surface area is 139 Å². The van der Waals surface area contributed by atoms with Crippen LogP contribution in [0, 0.1) is 0 Å². The number of hydrogen-bond donors (Lipinski definition) is 0. The average Bonchev–Trinajstić information content (AvgIpc) is 3.02. The van der Waals surface area contributed by atoms with E-state index in [1.165, 1.54) is 7.11 Å². The second kappa shape index (κ2) is 5.83. The fraction of sp³-hybridized carbons (Fsp3) is 0.412. The molecule has 0 N–H and O–H groups in total. The zero-order valence-electron chi connectivity index (χ0n) is 13.3. The van der Waals surface area contributed by atoms with Crippen molar-refractivity contribution in [3.63, 3.8) is 0 Å². The van der Waals surface area contributed by atoms with Gasteiger partial charge in [-0.2, -0.15) is 0 Å². The first-order valence-electron chi connectivity index (χ1n) is 7.85. The molecule has 7 nitrogen and oxygen atoms in total. The molecule has 3 atom stereocenters. The monoisotopic (exact) mass is 330 g/mol. The van der Waals surface area contributed by atoms with Gasteiger partial charge in [-0.05, 0) is 17.7 Å². The van der Waals surface area contributed by atoms with Gasteiger partial charge in [-0.25, -0.2) is 4.79 Å². The number of fused-ring (bicyclic) bond motifs is 1. The van der Waals surface area contributed by atoms with Gasteiger partial charge in [0.15, 0.2) is 11.5 Å². The first-order chi connectivity index (χ1) is 11.7. The van der Waals surface area contributed by atoms with Crippen LogP contribution in [0.3, 0.4) is 0 Å². The fourth-order valence-electron chi connectivity index (χ4n) is 3.12. The Morgan fingerprint density at radius 1 is 1.29 bits per heavy atom. The molecule has 0 aromatic heterocycles. The fourth-order valence-corrected chi connectivity index (χ4v) is 3.12. The zero-order chi connectivity index (χ0) is 16.7. The van der Waals surface area contributed by atoms with Gasteiger partial charge in [0.25, 0.3) is 0 Å². The molecule has 3 aliphatic heterocycles. The van der Waals surface area contributed by atoms with Crippen molar-refractivity contribution in [1.29, 1.82) is 0 Å². The van der Waals surface area contributed by atoms with Crippen LogP contribution >= 0.6 is 0 Å². The zero-order valence-corrected chi connectivity index (χ0v) is 13.3. The lowest BCUT2D eigenvalue weighted by molar-refractivity contribution is -0.149. The van der Waals surface area contributed by atoms with Crippen LogP contribution in [0.4, 0.5) is 0 Å². The maximum atomic E-state index is 12.6. The van der Waals surface area contributed by atoms with Gasteiger partial charge < -0.3 is 19.1 Å². The van der Waals surface area contributed by atoms with Crippen molar-refractivity contribution in [3.05, 3.63) is 35.9 Å². The molecule has 1 saturated heterocycles. The van der Waals surface area contributed by atoms with Crippen molar-refractivity contribution in [1.82, 2.24) is 9.80 Å². The van der Waals surface area contributed by atoms with E-state index in [4.69, 9.17) is 14.2 Å². The van der Waals surface area contributed by atoms with Crippen molar-refractivity contribution >= 4 is 11.9 Å². The van der Waals surface area contributed by atoms with E-state index in [2.05, 4.69) is 4.90 Å². The molecule has 1 fully saturated rings. The van der Waals surface area contributed by atoms with Gasteiger partial charge in [0.05, 0.1) is 7.11 Å². The summed E-state index contributed by atoms with van der Waals surface area (Å²) in [6, 6.07) is 5.02. The maximum absolute atomic E-state index is 12.6. The molecule has 0 bridgehead atoms. The topological polar surface area (TPSA) is 68.1 Å². The van der Waals surface area contributed by atoms with Crippen LogP contribution in [0.25, 0.3) is 0 Å². The molecule has 3 unspecified atom stereocenters. The molecule has 4 rings (SSSR count). The standard InChI is InChI=1S/C17H18N2O5/c1-22-17(21)12-3-2-6-19(12)16(20)13-9-18(13)8-11-4-5-14-15(7-11)24-10-23-14/h2-5,7,12-13H,6,8-10H2,1H3. The number of nitrogens with zero attached hydrogens (tertiary/aromatic N) is 2. The highest BCUT2D eigenvalue weighted by molar-refractivity contribution is 5.91. The maximum Gasteiger partial charge on any atom is 0.332 e. The smallest absolute Gasteiger partial charge is 0.332 e. The first kappa shape index (κ1) is 15.0. The lowest BCUT2D eigenvalue weighted by atomic mass is 10.2. The van der Waals surface area contributed by atoms with Crippen LogP contribution in [0.5, 0.6) is 11.5 Å². The minimum atomic E-state index is -0.601. The molecule has 3 heterocycles. The highest BCUT2D eigenvalue weighted by Crippen LogP contribution is 2.34. The number of amides is 1. The second-order valence-electron chi connectivity index (χ2n) is 6.02. The summed E-state index contributed by atoms with van der Waals surface area (Å²) in [7, 11) is 1.33. The summed E-state index contributed by atoms with van der Waals surface area (Å²) in [4.78, 5) is 28.0. The molecule has 3 aliphatic rings. The number of hydrogen-bond acceptors (Lipinski definition) is 6. The van der Waals surface area contributed by atoms with E-state index in [0.717, 1.165) is 17.1 Å². The predicted octanol–water partition coefficient (Wildman–Crippen LogP) is 0.539. The summed E-state index contributed by atoms with van der Waals surface area (Å²) in [6.45, 7) is 2.06. The number of carbonyl (C=O) groups excluding carboxylic acids is 2. The van der Waals surface area contributed by atoms with E-state index in [1.54, 1.807) is 11.0 Å². The quantitative estimate of drug-likeness (QED) is 0.456. The molecule has 0 radical (unpaired) electrons. The average molecular weight is 330 g/mol. The Hall–Kier alpha value is -2.54. The Bertz CT molecular complexity index is 717. The summed E-state index contributed by atoms with van der Waals surface area (Å²) in [5.74, 6) is 1.06. The van der Waals surface area contributed by atoms with E-state index in [0.29, 0.717) is 19.6 Å². The SMILES string of the molecule is COC(=O)C1C=CCN1C(=O)C1CN1Cc1ccc2c(c1)OCO2. The van der Waals surface area contributed by atoms with Gasteiger partial charge in [-0.3, -0.25) is 9.69 Å². The van der Waals surface area contributed by atoms with Crippen LogP contribution in [0.15, 0.2) is 30.4 Å². The van der Waals surface area contributed by atoms with E-state index >= 15 is 0 Å². The number of methoxy groups -OCH3 is 1. The molecule has 1 amide bonds. The normalized spacial score (nSPS) is 26.5. The molecule has 0 saturated carbocycles. The molecule has 1 aromatic carbocycles. The van der Waals surface area contributed by atoms with Crippen molar-refractivity contribution in [3.8, 4) is 11.5 Å². The number of rotatable bonds is 4. The number of carbonyl (C=O) groups is 2. The molecule has 0 aliphatic carbocycles. The summed E-state index contributed by atoms with van der Waals surface area (Å²) in [5.41, 5.74) is 1.07. The van der Waals surface area contributed by atoms with Crippen molar-refractivity contribution < 1.29 is 23.8 Å². The number of esters is 1. The second-order valence-corrected chi connectivity index (χ2v) is 6.02. The molecule has 24 heavy (non-hydrogen) atoms. The third kappa shape index (κ3) is 2.60. The minimum absolute atomic E-state index is 0.0313. The minimum Gasteiger partial charge on any atom is -0.467 e. The summed E-state index contributed by atoms with van der Waals surface area (Å²) in [5, 5.41) is 0. The highest BCUT2D eigenvalue weighted by Gasteiger charge is 2.45. The van der Waals surface area contributed by atoms with Gasteiger partial charge in [0, 0.05) is 19.6 Å². The molecular weight excluding hydrogens is 312 g/mol. The van der Waals surface area contributed by atoms with Crippen molar-refractivity contribution in [2.45, 2.75) is 18.6 Å². The number of benzene rings is 1. The largest absolute Gasteiger partial charge is 0.467 e. The van der Waals surface area contributed by atoms with Crippen LogP contribution in [0.2, 0.25) is 0 Å². The summed E-state index contributed by atoms with van der Waals surface area (Å²) < 4.78 is 15.4. The van der Waals surface area contributed by atoms with Crippen LogP contribution < -0.4 is 9.47 Å². The van der Waals surface area contributed by atoms with Crippen molar-refractivity contribution in [2.75, 3.05) is 27.0 Å². The van der Waals surface area contributed by atoms with E-state index in [9.17, 15) is 9.59 Å². The third-order valence-electron chi connectivity index (χ3n) is 4.50. The third-order valence-corrected chi connectivity index (χ3v) is 4.50. The van der Waals surface area contributed by atoms with Gasteiger partial charge in [0.1, 0.15) is 12.1 Å². The van der Waals surface area contributed by atoms with E-state index < -0.39 is 12.0 Å². The molecule has 1 aromatic rings. The predicted molar refractivity (Wildman–Crippen MR) is 83.4 cm³/mol. The Balaban J connectivity index is 1.38. The van der Waals surface area contributed by atoms with Gasteiger partial charge in [-0.1, -0.05) is 18.2 Å². The molecule has 0 spiro atoms. The summed E-state index contributed by atoms with van der Waals surface area (Å²) in [6.07, 6.45) is 3.54. The van der Waals surface area contributed by atoms with Gasteiger partial charge in [-0.15, -0.1) is 0 Å². The Morgan fingerprint density at radius 2 is 2.12 bits per heavy atom. The highest BCUT2D eigenvalue weighted by atomic mass is 16.7. The molecular formula is C17H18N2O5. The van der Waals surface area contributed by atoms with Gasteiger partial charge in [0.2, 0.25) is 12.7 Å². The summed E-state index contributed by atoms with van der Waals surface area (Å²) >= 11 is 0. The lowest BCUT2D eigenvalue weighted by Gasteiger charge is -2.22. The lowest BCUT2D eigenvalue weighted by Crippen LogP contribution is -2.44. The Morgan fingerprint density at radius 3 is 2.96 bits per heavy atom. The van der Waals surface area contributed by atoms with E-state index in [-0.39, 0.29) is 18.7 Å². The first-order valence-corrected chi connectivity index (χ1v) is 7.85.